The quantitative estimate of drug-likeness (QED) is 0.640. The van der Waals surface area contributed by atoms with E-state index >= 15 is 0 Å². The molecular weight excluding hydrogens is 388 g/mol. The Morgan fingerprint density at radius 1 is 0.667 bits per heavy atom. The molecule has 0 spiro atoms. The molecule has 30 heavy (non-hydrogen) atoms. The van der Waals surface area contributed by atoms with Crippen LogP contribution in [0.1, 0.15) is 11.1 Å². The lowest BCUT2D eigenvalue weighted by molar-refractivity contribution is -0.157. The second-order valence-electron chi connectivity index (χ2n) is 6.16. The lowest BCUT2D eigenvalue weighted by Gasteiger charge is -2.37. The van der Waals surface area contributed by atoms with Gasteiger partial charge in [-0.1, -0.05) is 24.3 Å². The van der Waals surface area contributed by atoms with Gasteiger partial charge in [0.15, 0.2) is 0 Å². The monoisotopic (exact) mass is 408 g/mol. The maximum atomic E-state index is 13.1. The van der Waals surface area contributed by atoms with Crippen molar-refractivity contribution in [2.24, 2.45) is 0 Å². The zero-order valence-electron chi connectivity index (χ0n) is 17.0. The number of nitriles is 2. The molecule has 2 rings (SSSR count). The molecule has 0 radical (unpaired) electrons. The molecule has 0 aromatic heterocycles. The molecule has 0 fully saturated rings. The normalized spacial score (nSPS) is 14.1. The van der Waals surface area contributed by atoms with Crippen molar-refractivity contribution in [1.29, 1.82) is 10.5 Å². The van der Waals surface area contributed by atoms with E-state index in [0.29, 0.717) is 11.5 Å². The SMILES string of the molecule is COC(=O)[C@@](C#N)(c1ccc(OC)cc1)[C@](C#N)(C(=O)OC)c1ccc(OC)cc1. The molecule has 0 amide bonds. The van der Waals surface area contributed by atoms with Gasteiger partial charge in [0, 0.05) is 0 Å². The Labute approximate surface area is 174 Å². The van der Waals surface area contributed by atoms with E-state index in [2.05, 4.69) is 0 Å². The van der Waals surface area contributed by atoms with Crippen LogP contribution in [0.3, 0.4) is 0 Å². The highest BCUT2D eigenvalue weighted by Gasteiger charge is 2.66. The van der Waals surface area contributed by atoms with Gasteiger partial charge in [0.05, 0.1) is 40.6 Å². The summed E-state index contributed by atoms with van der Waals surface area (Å²) in [7, 11) is 5.06. The minimum atomic E-state index is -2.37. The predicted octanol–water partition coefficient (Wildman–Crippen LogP) is 2.27. The van der Waals surface area contributed by atoms with E-state index in [-0.39, 0.29) is 11.1 Å². The van der Waals surface area contributed by atoms with E-state index in [0.717, 1.165) is 14.2 Å². The van der Waals surface area contributed by atoms with Crippen LogP contribution in [0, 0.1) is 22.7 Å². The fraction of sp³-hybridized carbons (Fsp3) is 0.273. The first-order valence-corrected chi connectivity index (χ1v) is 8.70. The predicted molar refractivity (Wildman–Crippen MR) is 105 cm³/mol. The van der Waals surface area contributed by atoms with Crippen molar-refractivity contribution < 1.29 is 28.5 Å². The fourth-order valence-corrected chi connectivity index (χ4v) is 3.35. The highest BCUT2D eigenvalue weighted by molar-refractivity contribution is 6.02. The Balaban J connectivity index is 2.98. The number of hydrogen-bond donors (Lipinski definition) is 0. The molecule has 8 nitrogen and oxygen atoms in total. The first kappa shape index (κ1) is 22.3. The molecule has 0 bridgehead atoms. The molecular formula is C22H20N2O6. The summed E-state index contributed by atoms with van der Waals surface area (Å²) in [6, 6.07) is 15.5. The van der Waals surface area contributed by atoms with Crippen molar-refractivity contribution in [1.82, 2.24) is 0 Å². The van der Waals surface area contributed by atoms with Gasteiger partial charge >= 0.3 is 11.9 Å². The Morgan fingerprint density at radius 2 is 0.967 bits per heavy atom. The Bertz CT molecular complexity index is 920. The molecule has 0 aliphatic heterocycles. The van der Waals surface area contributed by atoms with E-state index in [1.165, 1.54) is 62.8 Å². The van der Waals surface area contributed by atoms with Gasteiger partial charge in [-0.3, -0.25) is 0 Å². The molecule has 2 aromatic rings. The number of methoxy groups -OCH3 is 4. The van der Waals surface area contributed by atoms with E-state index in [9.17, 15) is 20.1 Å². The van der Waals surface area contributed by atoms with Crippen LogP contribution in [0.2, 0.25) is 0 Å². The first-order chi connectivity index (χ1) is 14.4. The van der Waals surface area contributed by atoms with Gasteiger partial charge < -0.3 is 18.9 Å². The van der Waals surface area contributed by atoms with Crippen LogP contribution in [-0.4, -0.2) is 40.4 Å². The number of hydrogen-bond acceptors (Lipinski definition) is 8. The first-order valence-electron chi connectivity index (χ1n) is 8.70. The number of carbonyl (C=O) groups is 2. The van der Waals surface area contributed by atoms with Crippen molar-refractivity contribution in [3.63, 3.8) is 0 Å². The molecule has 0 N–H and O–H groups in total. The lowest BCUT2D eigenvalue weighted by Crippen LogP contribution is -2.58. The van der Waals surface area contributed by atoms with E-state index < -0.39 is 22.8 Å². The summed E-state index contributed by atoms with van der Waals surface area (Å²) in [5, 5.41) is 20.5. The average molecular weight is 408 g/mol. The van der Waals surface area contributed by atoms with Crippen molar-refractivity contribution in [3.05, 3.63) is 59.7 Å². The van der Waals surface area contributed by atoms with Crippen LogP contribution in [0.4, 0.5) is 0 Å². The summed E-state index contributed by atoms with van der Waals surface area (Å²) in [5.74, 6) is -1.25. The number of nitrogens with zero attached hydrogens (tertiary/aromatic N) is 2. The molecule has 154 valence electrons. The number of benzene rings is 2. The number of ether oxygens (including phenoxy) is 4. The second kappa shape index (κ2) is 8.97. The standard InChI is InChI=1S/C22H20N2O6/c1-27-17-9-5-15(6-10-17)21(13-23,19(25)29-3)22(14-24,20(26)30-4)16-7-11-18(28-2)12-8-16/h5-12H,1-4H3/t21-,22+. The minimum Gasteiger partial charge on any atom is -0.497 e. The summed E-state index contributed by atoms with van der Waals surface area (Å²) in [6.07, 6.45) is 0. The van der Waals surface area contributed by atoms with Gasteiger partial charge in [0.25, 0.3) is 0 Å². The molecule has 0 aliphatic rings. The Hall–Kier alpha value is -4.04. The second-order valence-corrected chi connectivity index (χ2v) is 6.16. The van der Waals surface area contributed by atoms with Gasteiger partial charge in [0.1, 0.15) is 11.5 Å². The third-order valence-corrected chi connectivity index (χ3v) is 4.93. The minimum absolute atomic E-state index is 0.0698. The van der Waals surface area contributed by atoms with Gasteiger partial charge in [0.2, 0.25) is 10.8 Å². The van der Waals surface area contributed by atoms with Crippen LogP contribution < -0.4 is 9.47 Å². The zero-order chi connectivity index (χ0) is 22.4. The van der Waals surface area contributed by atoms with Gasteiger partial charge in [-0.15, -0.1) is 0 Å². The molecule has 0 saturated carbocycles. The van der Waals surface area contributed by atoms with Crippen molar-refractivity contribution >= 4 is 11.9 Å². The zero-order valence-corrected chi connectivity index (χ0v) is 17.0. The molecule has 0 heterocycles. The average Bonchev–Trinajstić information content (AvgIpc) is 2.82. The van der Waals surface area contributed by atoms with Gasteiger partial charge in [-0.05, 0) is 35.4 Å². The summed E-state index contributed by atoms with van der Waals surface area (Å²) in [6.45, 7) is 0. The lowest BCUT2D eigenvalue weighted by atomic mass is 9.58. The molecule has 0 aliphatic carbocycles. The molecule has 0 saturated heterocycles. The van der Waals surface area contributed by atoms with E-state index in [4.69, 9.17) is 18.9 Å². The van der Waals surface area contributed by atoms with E-state index in [1.807, 2.05) is 12.1 Å². The highest BCUT2D eigenvalue weighted by atomic mass is 16.5. The summed E-state index contributed by atoms with van der Waals surface area (Å²) in [5.41, 5.74) is -4.60. The van der Waals surface area contributed by atoms with Crippen LogP contribution in [0.5, 0.6) is 11.5 Å². The Kier molecular flexibility index (Phi) is 6.66. The number of carbonyl (C=O) groups excluding carboxylic acids is 2. The van der Waals surface area contributed by atoms with Crippen LogP contribution in [-0.2, 0) is 29.9 Å². The summed E-state index contributed by atoms with van der Waals surface area (Å²) >= 11 is 0. The summed E-state index contributed by atoms with van der Waals surface area (Å²) in [4.78, 5) is 26.2. The molecule has 8 heteroatoms. The largest absolute Gasteiger partial charge is 0.497 e. The molecule has 2 atom stereocenters. The molecule has 2 aromatic carbocycles. The van der Waals surface area contributed by atoms with Crippen molar-refractivity contribution in [2.45, 2.75) is 10.8 Å². The number of rotatable bonds is 7. The smallest absolute Gasteiger partial charge is 0.333 e. The maximum Gasteiger partial charge on any atom is 0.333 e. The van der Waals surface area contributed by atoms with E-state index in [1.54, 1.807) is 0 Å². The number of esters is 2. The third-order valence-electron chi connectivity index (χ3n) is 4.93. The van der Waals surface area contributed by atoms with Gasteiger partial charge in [-0.25, -0.2) is 9.59 Å². The maximum absolute atomic E-state index is 13.1. The fourth-order valence-electron chi connectivity index (χ4n) is 3.35. The van der Waals surface area contributed by atoms with Crippen LogP contribution in [0.15, 0.2) is 48.5 Å². The molecule has 0 unspecified atom stereocenters. The topological polar surface area (TPSA) is 119 Å². The van der Waals surface area contributed by atoms with Crippen molar-refractivity contribution in [2.75, 3.05) is 28.4 Å². The highest BCUT2D eigenvalue weighted by Crippen LogP contribution is 2.46. The summed E-state index contributed by atoms with van der Waals surface area (Å²) < 4.78 is 20.1. The Morgan fingerprint density at radius 3 is 1.17 bits per heavy atom. The third kappa shape index (κ3) is 3.19. The van der Waals surface area contributed by atoms with Crippen LogP contribution >= 0.6 is 0 Å². The van der Waals surface area contributed by atoms with Crippen molar-refractivity contribution in [3.8, 4) is 23.6 Å². The van der Waals surface area contributed by atoms with Crippen LogP contribution in [0.25, 0.3) is 0 Å². The van der Waals surface area contributed by atoms with Gasteiger partial charge in [-0.2, -0.15) is 10.5 Å².